The molecule has 1 aliphatic rings. The second-order valence-corrected chi connectivity index (χ2v) is 11.6. The molecule has 0 radical (unpaired) electrons. The smallest absolute Gasteiger partial charge is 0.132 e. The normalized spacial score (nSPS) is 12.6. The third-order valence-corrected chi connectivity index (χ3v) is 9.22. The van der Waals surface area contributed by atoms with Gasteiger partial charge in [-0.3, -0.25) is 0 Å². The van der Waals surface area contributed by atoms with Gasteiger partial charge < -0.3 is 4.74 Å². The second kappa shape index (κ2) is 9.97. The lowest BCUT2D eigenvalue weighted by Crippen LogP contribution is -2.13. The predicted molar refractivity (Wildman–Crippen MR) is 184 cm³/mol. The summed E-state index contributed by atoms with van der Waals surface area (Å²) in [7, 11) is 0. The summed E-state index contributed by atoms with van der Waals surface area (Å²) >= 11 is 0. The molecule has 0 amide bonds. The van der Waals surface area contributed by atoms with E-state index in [1.54, 1.807) is 0 Å². The maximum absolute atomic E-state index is 6.63. The van der Waals surface area contributed by atoms with E-state index in [0.717, 1.165) is 11.5 Å². The molecule has 0 aliphatic carbocycles. The fourth-order valence-corrected chi connectivity index (χ4v) is 7.20. The van der Waals surface area contributed by atoms with Gasteiger partial charge in [-0.25, -0.2) is 0 Å². The monoisotopic (exact) mass is 560 g/mol. The summed E-state index contributed by atoms with van der Waals surface area (Å²) in [6.45, 7) is 0. The van der Waals surface area contributed by atoms with Gasteiger partial charge in [0, 0.05) is 17.0 Å². The topological polar surface area (TPSA) is 9.23 Å². The van der Waals surface area contributed by atoms with Crippen molar-refractivity contribution >= 4 is 32.3 Å². The molecule has 8 aromatic carbocycles. The van der Waals surface area contributed by atoms with Gasteiger partial charge >= 0.3 is 0 Å². The summed E-state index contributed by atoms with van der Waals surface area (Å²) in [5, 5.41) is 7.46. The fourth-order valence-electron chi connectivity index (χ4n) is 7.20. The third-order valence-electron chi connectivity index (χ3n) is 9.22. The zero-order valence-corrected chi connectivity index (χ0v) is 24.1. The van der Waals surface area contributed by atoms with E-state index in [4.69, 9.17) is 4.74 Å². The van der Waals surface area contributed by atoms with Gasteiger partial charge in [0.25, 0.3) is 0 Å². The van der Waals surface area contributed by atoms with E-state index in [0.29, 0.717) is 0 Å². The Morgan fingerprint density at radius 2 is 0.795 bits per heavy atom. The van der Waals surface area contributed by atoms with Crippen LogP contribution in [0, 0.1) is 0 Å². The molecule has 0 spiro atoms. The van der Waals surface area contributed by atoms with Crippen LogP contribution < -0.4 is 4.74 Å². The lowest BCUT2D eigenvalue weighted by Gasteiger charge is -2.31. The number of fused-ring (bicyclic) bond motifs is 7. The zero-order chi connectivity index (χ0) is 29.0. The zero-order valence-electron chi connectivity index (χ0n) is 24.1. The largest absolute Gasteiger partial charge is 0.457 e. The summed E-state index contributed by atoms with van der Waals surface area (Å²) in [6.07, 6.45) is 0. The molecule has 44 heavy (non-hydrogen) atoms. The number of rotatable bonds is 3. The van der Waals surface area contributed by atoms with Gasteiger partial charge in [-0.05, 0) is 72.3 Å². The molecule has 1 heteroatoms. The number of hydrogen-bond donors (Lipinski definition) is 0. The number of hydrogen-bond acceptors (Lipinski definition) is 1. The SMILES string of the molecule is c1ccc(-c2ccc(-c3ccc(C4c5c(ccc6ccccc56)Oc5ccc6ccccc6c54)cc3)c3ccccc23)cc1. The molecule has 1 heterocycles. The fraction of sp³-hybridized carbons (Fsp3) is 0.0233. The average Bonchev–Trinajstić information content (AvgIpc) is 3.10. The van der Waals surface area contributed by atoms with Crippen LogP contribution in [0.5, 0.6) is 11.5 Å². The molecule has 1 aliphatic heterocycles. The molecule has 8 aromatic rings. The van der Waals surface area contributed by atoms with Crippen LogP contribution in [0.4, 0.5) is 0 Å². The minimum Gasteiger partial charge on any atom is -0.457 e. The molecule has 0 N–H and O–H groups in total. The second-order valence-electron chi connectivity index (χ2n) is 11.6. The van der Waals surface area contributed by atoms with Crippen molar-refractivity contribution in [1.29, 1.82) is 0 Å². The molecule has 0 saturated heterocycles. The first-order valence-corrected chi connectivity index (χ1v) is 15.2. The molecular formula is C43H28O. The quantitative estimate of drug-likeness (QED) is 0.209. The van der Waals surface area contributed by atoms with Crippen LogP contribution in [-0.2, 0) is 0 Å². The van der Waals surface area contributed by atoms with E-state index < -0.39 is 0 Å². The Kier molecular flexibility index (Phi) is 5.64. The highest BCUT2D eigenvalue weighted by molar-refractivity contribution is 6.05. The maximum Gasteiger partial charge on any atom is 0.132 e. The highest BCUT2D eigenvalue weighted by atomic mass is 16.5. The highest BCUT2D eigenvalue weighted by Crippen LogP contribution is 2.52. The van der Waals surface area contributed by atoms with Crippen molar-refractivity contribution in [3.05, 3.63) is 180 Å². The first kappa shape index (κ1) is 24.9. The lowest BCUT2D eigenvalue weighted by atomic mass is 9.78. The number of benzene rings is 8. The van der Waals surface area contributed by atoms with Crippen LogP contribution in [0.25, 0.3) is 54.6 Å². The molecule has 0 aromatic heterocycles. The number of ether oxygens (including phenoxy) is 1. The van der Waals surface area contributed by atoms with E-state index in [-0.39, 0.29) is 5.92 Å². The molecule has 0 unspecified atom stereocenters. The van der Waals surface area contributed by atoms with Crippen molar-refractivity contribution in [3.63, 3.8) is 0 Å². The Hall–Kier alpha value is -5.66. The predicted octanol–water partition coefficient (Wildman–Crippen LogP) is 11.8. The Morgan fingerprint density at radius 1 is 0.341 bits per heavy atom. The Balaban J connectivity index is 1.23. The molecule has 0 saturated carbocycles. The molecule has 9 rings (SSSR count). The summed E-state index contributed by atoms with van der Waals surface area (Å²) in [6, 6.07) is 59.1. The first-order chi connectivity index (χ1) is 21.8. The van der Waals surface area contributed by atoms with Gasteiger partial charge in [0.1, 0.15) is 11.5 Å². The molecule has 206 valence electrons. The van der Waals surface area contributed by atoms with Crippen LogP contribution in [-0.4, -0.2) is 0 Å². The highest BCUT2D eigenvalue weighted by Gasteiger charge is 2.32. The maximum atomic E-state index is 6.63. The molecule has 0 atom stereocenters. The van der Waals surface area contributed by atoms with Gasteiger partial charge in [0.05, 0.1) is 0 Å². The van der Waals surface area contributed by atoms with Crippen molar-refractivity contribution in [3.8, 4) is 33.8 Å². The molecule has 1 nitrogen and oxygen atoms in total. The lowest BCUT2D eigenvalue weighted by molar-refractivity contribution is 0.456. The van der Waals surface area contributed by atoms with Crippen LogP contribution in [0.2, 0.25) is 0 Å². The summed E-state index contributed by atoms with van der Waals surface area (Å²) in [4.78, 5) is 0. The first-order valence-electron chi connectivity index (χ1n) is 15.2. The Bertz CT molecular complexity index is 2260. The van der Waals surface area contributed by atoms with Gasteiger partial charge in [0.15, 0.2) is 0 Å². The van der Waals surface area contributed by atoms with Crippen molar-refractivity contribution in [1.82, 2.24) is 0 Å². The van der Waals surface area contributed by atoms with Crippen molar-refractivity contribution in [2.45, 2.75) is 5.92 Å². The molecule has 0 fully saturated rings. The third kappa shape index (κ3) is 3.87. The Morgan fingerprint density at radius 3 is 1.34 bits per heavy atom. The van der Waals surface area contributed by atoms with E-state index >= 15 is 0 Å². The summed E-state index contributed by atoms with van der Waals surface area (Å²) < 4.78 is 6.63. The van der Waals surface area contributed by atoms with Gasteiger partial charge in [0.2, 0.25) is 0 Å². The average molecular weight is 561 g/mol. The van der Waals surface area contributed by atoms with Crippen molar-refractivity contribution in [2.24, 2.45) is 0 Å². The van der Waals surface area contributed by atoms with Crippen LogP contribution >= 0.6 is 0 Å². The van der Waals surface area contributed by atoms with Crippen LogP contribution in [0.3, 0.4) is 0 Å². The molecular weight excluding hydrogens is 532 g/mol. The minimum atomic E-state index is 0.0391. The standard InChI is InChI=1S/C43H28O/c1-2-10-28(11-3-1)33-24-25-34(38-17-9-8-16-37(33)38)31-18-20-32(21-19-31)41-42-35-14-6-4-12-29(35)22-26-39(42)44-40-27-23-30-13-5-7-15-36(30)43(40)41/h1-27,41H. The van der Waals surface area contributed by atoms with E-state index in [1.807, 2.05) is 0 Å². The van der Waals surface area contributed by atoms with E-state index in [2.05, 4.69) is 164 Å². The Labute approximate surface area is 256 Å². The van der Waals surface area contributed by atoms with Gasteiger partial charge in [-0.1, -0.05) is 152 Å². The van der Waals surface area contributed by atoms with E-state index in [9.17, 15) is 0 Å². The van der Waals surface area contributed by atoms with E-state index in [1.165, 1.54) is 71.3 Å². The summed E-state index contributed by atoms with van der Waals surface area (Å²) in [5.74, 6) is 1.91. The minimum absolute atomic E-state index is 0.0391. The van der Waals surface area contributed by atoms with Crippen LogP contribution in [0.1, 0.15) is 22.6 Å². The summed E-state index contributed by atoms with van der Waals surface area (Å²) in [5.41, 5.74) is 8.69. The molecule has 0 bridgehead atoms. The van der Waals surface area contributed by atoms with Crippen molar-refractivity contribution < 1.29 is 4.74 Å². The van der Waals surface area contributed by atoms with Gasteiger partial charge in [-0.2, -0.15) is 0 Å². The van der Waals surface area contributed by atoms with Crippen molar-refractivity contribution in [2.75, 3.05) is 0 Å². The van der Waals surface area contributed by atoms with Crippen LogP contribution in [0.15, 0.2) is 164 Å². The van der Waals surface area contributed by atoms with Gasteiger partial charge in [-0.15, -0.1) is 0 Å².